The van der Waals surface area contributed by atoms with E-state index in [2.05, 4.69) is 21.7 Å². The van der Waals surface area contributed by atoms with E-state index in [4.69, 9.17) is 0 Å². The molecular formula is C13H20N4. The maximum atomic E-state index is 4.18. The normalized spacial score (nSPS) is 11.1. The first kappa shape index (κ1) is 12.0. The van der Waals surface area contributed by atoms with E-state index in [1.165, 1.54) is 25.7 Å². The molecule has 4 nitrogen and oxygen atoms in total. The smallest absolute Gasteiger partial charge is 0.113 e. The maximum Gasteiger partial charge on any atom is 0.113 e. The van der Waals surface area contributed by atoms with Crippen LogP contribution in [-0.4, -0.2) is 28.6 Å². The Kier molecular flexibility index (Phi) is 4.50. The molecule has 0 saturated carbocycles. The fraction of sp³-hybridized carbons (Fsp3) is 0.538. The monoisotopic (exact) mass is 232 g/mol. The minimum absolute atomic E-state index is 0.972. The third kappa shape index (κ3) is 3.27. The molecule has 2 rings (SSSR count). The Morgan fingerprint density at radius 1 is 1.12 bits per heavy atom. The highest BCUT2D eigenvalue weighted by Gasteiger charge is 2.01. The molecule has 0 fully saturated rings. The van der Waals surface area contributed by atoms with Crippen LogP contribution in [0.5, 0.6) is 0 Å². The second kappa shape index (κ2) is 6.35. The summed E-state index contributed by atoms with van der Waals surface area (Å²) in [6.07, 6.45) is 4.98. The predicted octanol–water partition coefficient (Wildman–Crippen LogP) is 2.21. The lowest BCUT2D eigenvalue weighted by molar-refractivity contribution is 0.529. The van der Waals surface area contributed by atoms with Gasteiger partial charge in [-0.2, -0.15) is 0 Å². The molecule has 17 heavy (non-hydrogen) atoms. The van der Waals surface area contributed by atoms with Crippen molar-refractivity contribution in [3.63, 3.8) is 0 Å². The fourth-order valence-corrected chi connectivity index (χ4v) is 2.00. The van der Waals surface area contributed by atoms with E-state index in [0.717, 1.165) is 24.1 Å². The van der Waals surface area contributed by atoms with Gasteiger partial charge in [0.15, 0.2) is 0 Å². The van der Waals surface area contributed by atoms with E-state index in [9.17, 15) is 0 Å². The minimum atomic E-state index is 0.972. The number of hydrogen-bond donors (Lipinski definition) is 1. The van der Waals surface area contributed by atoms with Crippen LogP contribution in [-0.2, 0) is 6.54 Å². The standard InChI is InChI=1S/C13H20N4/c1-14-10-6-2-3-7-11-17-13-9-5-4-8-12(13)15-16-17/h4-5,8-9,14H,2-3,6-7,10-11H2,1H3. The van der Waals surface area contributed by atoms with Gasteiger partial charge in [0.1, 0.15) is 5.52 Å². The Hall–Kier alpha value is -1.42. The zero-order valence-electron chi connectivity index (χ0n) is 10.4. The molecule has 0 aliphatic carbocycles. The number of aryl methyl sites for hydroxylation is 1. The number of para-hydroxylation sites is 1. The van der Waals surface area contributed by atoms with Crippen molar-refractivity contribution >= 4 is 11.0 Å². The molecule has 0 unspecified atom stereocenters. The van der Waals surface area contributed by atoms with E-state index < -0.39 is 0 Å². The van der Waals surface area contributed by atoms with Gasteiger partial charge in [-0.3, -0.25) is 0 Å². The van der Waals surface area contributed by atoms with E-state index in [1.54, 1.807) is 0 Å². The summed E-state index contributed by atoms with van der Waals surface area (Å²) in [5.41, 5.74) is 2.13. The van der Waals surface area contributed by atoms with Crippen molar-refractivity contribution in [1.82, 2.24) is 20.3 Å². The third-order valence-electron chi connectivity index (χ3n) is 2.97. The van der Waals surface area contributed by atoms with Crippen LogP contribution in [0.3, 0.4) is 0 Å². The molecule has 0 atom stereocenters. The SMILES string of the molecule is CNCCCCCCn1nnc2ccccc21. The van der Waals surface area contributed by atoms with Gasteiger partial charge in [0.05, 0.1) is 5.52 Å². The Bertz CT molecular complexity index is 449. The van der Waals surface area contributed by atoms with Gasteiger partial charge in [-0.1, -0.05) is 30.2 Å². The van der Waals surface area contributed by atoms with Crippen molar-refractivity contribution in [2.75, 3.05) is 13.6 Å². The number of unbranched alkanes of at least 4 members (excludes halogenated alkanes) is 3. The van der Waals surface area contributed by atoms with Gasteiger partial charge in [-0.15, -0.1) is 5.10 Å². The first-order chi connectivity index (χ1) is 8.42. The van der Waals surface area contributed by atoms with Gasteiger partial charge < -0.3 is 5.32 Å². The Balaban J connectivity index is 1.79. The molecule has 92 valence electrons. The minimum Gasteiger partial charge on any atom is -0.320 e. The number of hydrogen-bond acceptors (Lipinski definition) is 3. The molecule has 0 bridgehead atoms. The summed E-state index contributed by atoms with van der Waals surface area (Å²) in [5.74, 6) is 0. The van der Waals surface area contributed by atoms with Gasteiger partial charge in [0.2, 0.25) is 0 Å². The van der Waals surface area contributed by atoms with Crippen molar-refractivity contribution in [2.45, 2.75) is 32.2 Å². The summed E-state index contributed by atoms with van der Waals surface area (Å²) >= 11 is 0. The third-order valence-corrected chi connectivity index (χ3v) is 2.97. The van der Waals surface area contributed by atoms with Crippen LogP contribution in [0.1, 0.15) is 25.7 Å². The Morgan fingerprint density at radius 2 is 1.94 bits per heavy atom. The number of aromatic nitrogens is 3. The first-order valence-electron chi connectivity index (χ1n) is 6.34. The molecule has 0 amide bonds. The van der Waals surface area contributed by atoms with Gasteiger partial charge in [0.25, 0.3) is 0 Å². The van der Waals surface area contributed by atoms with Gasteiger partial charge in [-0.25, -0.2) is 4.68 Å². The predicted molar refractivity (Wildman–Crippen MR) is 69.9 cm³/mol. The largest absolute Gasteiger partial charge is 0.320 e. The zero-order chi connectivity index (χ0) is 11.9. The highest BCUT2D eigenvalue weighted by atomic mass is 15.4. The summed E-state index contributed by atoms with van der Waals surface area (Å²) in [5, 5.41) is 11.5. The van der Waals surface area contributed by atoms with Crippen LogP contribution < -0.4 is 5.32 Å². The summed E-state index contributed by atoms with van der Waals surface area (Å²) < 4.78 is 2.01. The number of rotatable bonds is 7. The zero-order valence-corrected chi connectivity index (χ0v) is 10.4. The van der Waals surface area contributed by atoms with E-state index >= 15 is 0 Å². The lowest BCUT2D eigenvalue weighted by Crippen LogP contribution is -2.07. The van der Waals surface area contributed by atoms with Gasteiger partial charge >= 0.3 is 0 Å². The van der Waals surface area contributed by atoms with E-state index in [1.807, 2.05) is 29.9 Å². The molecule has 1 aromatic heterocycles. The maximum absolute atomic E-state index is 4.18. The Morgan fingerprint density at radius 3 is 2.82 bits per heavy atom. The Labute approximate surface area is 102 Å². The molecule has 0 radical (unpaired) electrons. The molecule has 0 spiro atoms. The fourth-order valence-electron chi connectivity index (χ4n) is 2.00. The first-order valence-corrected chi connectivity index (χ1v) is 6.34. The number of benzene rings is 1. The van der Waals surface area contributed by atoms with Crippen LogP contribution in [0.15, 0.2) is 24.3 Å². The molecule has 4 heteroatoms. The second-order valence-corrected chi connectivity index (χ2v) is 4.32. The molecule has 1 aromatic carbocycles. The number of nitrogens with one attached hydrogen (secondary N) is 1. The topological polar surface area (TPSA) is 42.7 Å². The van der Waals surface area contributed by atoms with Crippen molar-refractivity contribution in [2.24, 2.45) is 0 Å². The van der Waals surface area contributed by atoms with E-state index in [-0.39, 0.29) is 0 Å². The van der Waals surface area contributed by atoms with Crippen LogP contribution in [0.4, 0.5) is 0 Å². The molecule has 0 aliphatic rings. The highest BCUT2D eigenvalue weighted by molar-refractivity contribution is 5.73. The molecule has 1 heterocycles. The van der Waals surface area contributed by atoms with Crippen molar-refractivity contribution in [3.05, 3.63) is 24.3 Å². The molecule has 0 saturated heterocycles. The number of fused-ring (bicyclic) bond motifs is 1. The molecule has 2 aromatic rings. The van der Waals surface area contributed by atoms with Crippen LogP contribution in [0.2, 0.25) is 0 Å². The highest BCUT2D eigenvalue weighted by Crippen LogP contribution is 2.11. The second-order valence-electron chi connectivity index (χ2n) is 4.32. The van der Waals surface area contributed by atoms with E-state index in [0.29, 0.717) is 0 Å². The van der Waals surface area contributed by atoms with Gasteiger partial charge in [0, 0.05) is 6.54 Å². The van der Waals surface area contributed by atoms with Crippen LogP contribution in [0.25, 0.3) is 11.0 Å². The quantitative estimate of drug-likeness (QED) is 0.744. The van der Waals surface area contributed by atoms with Crippen LogP contribution in [0, 0.1) is 0 Å². The van der Waals surface area contributed by atoms with Crippen LogP contribution >= 0.6 is 0 Å². The van der Waals surface area contributed by atoms with Crippen molar-refractivity contribution < 1.29 is 0 Å². The molecular weight excluding hydrogens is 212 g/mol. The molecule has 1 N–H and O–H groups in total. The lowest BCUT2D eigenvalue weighted by Gasteiger charge is -2.02. The average molecular weight is 232 g/mol. The number of nitrogens with zero attached hydrogens (tertiary/aromatic N) is 3. The summed E-state index contributed by atoms with van der Waals surface area (Å²) in [4.78, 5) is 0. The lowest BCUT2D eigenvalue weighted by atomic mass is 10.2. The van der Waals surface area contributed by atoms with Gasteiger partial charge in [-0.05, 0) is 38.6 Å². The average Bonchev–Trinajstić information content (AvgIpc) is 2.77. The van der Waals surface area contributed by atoms with Crippen molar-refractivity contribution in [3.8, 4) is 0 Å². The van der Waals surface area contributed by atoms with Crippen molar-refractivity contribution in [1.29, 1.82) is 0 Å². The summed E-state index contributed by atoms with van der Waals surface area (Å²) in [6.45, 7) is 2.09. The summed E-state index contributed by atoms with van der Waals surface area (Å²) in [6, 6.07) is 8.12. The summed E-state index contributed by atoms with van der Waals surface area (Å²) in [7, 11) is 2.00. The molecule has 0 aliphatic heterocycles.